The number of amides is 1. The van der Waals surface area contributed by atoms with Crippen LogP contribution in [-0.2, 0) is 9.53 Å². The Balaban J connectivity index is 1.59. The molecule has 1 aromatic rings. The van der Waals surface area contributed by atoms with Crippen LogP contribution in [0.4, 0.5) is 0 Å². The minimum Gasteiger partial charge on any atom is -0.381 e. The third-order valence-corrected chi connectivity index (χ3v) is 4.41. The number of aromatic nitrogens is 2. The normalized spacial score (nSPS) is 24.1. The van der Waals surface area contributed by atoms with Gasteiger partial charge in [-0.05, 0) is 31.7 Å². The van der Waals surface area contributed by atoms with Crippen molar-refractivity contribution in [1.29, 1.82) is 0 Å². The maximum Gasteiger partial charge on any atom is 0.228 e. The van der Waals surface area contributed by atoms with Crippen LogP contribution in [0, 0.1) is 12.8 Å². The van der Waals surface area contributed by atoms with E-state index in [4.69, 9.17) is 4.74 Å². The molecule has 2 aliphatic rings. The molecule has 0 radical (unpaired) electrons. The van der Waals surface area contributed by atoms with Crippen LogP contribution in [0.5, 0.6) is 0 Å². The monoisotopic (exact) mass is 275 g/mol. The number of hydrogen-bond acceptors (Lipinski definition) is 4. The fourth-order valence-corrected chi connectivity index (χ4v) is 3.20. The van der Waals surface area contributed by atoms with Gasteiger partial charge in [-0.1, -0.05) is 0 Å². The smallest absolute Gasteiger partial charge is 0.228 e. The molecule has 3 heterocycles. The highest BCUT2D eigenvalue weighted by Gasteiger charge is 2.31. The number of carbonyl (C=O) groups excluding carboxylic acids is 1. The molecular formula is C15H21N3O2. The molecule has 108 valence electrons. The Morgan fingerprint density at radius 1 is 1.35 bits per heavy atom. The molecule has 3 rings (SSSR count). The molecule has 0 saturated carbocycles. The van der Waals surface area contributed by atoms with Crippen LogP contribution >= 0.6 is 0 Å². The van der Waals surface area contributed by atoms with Gasteiger partial charge < -0.3 is 9.64 Å². The molecule has 0 aromatic carbocycles. The molecule has 5 heteroatoms. The Kier molecular flexibility index (Phi) is 3.96. The van der Waals surface area contributed by atoms with Gasteiger partial charge in [-0.3, -0.25) is 4.79 Å². The topological polar surface area (TPSA) is 55.3 Å². The summed E-state index contributed by atoms with van der Waals surface area (Å²) < 4.78 is 5.31. The summed E-state index contributed by atoms with van der Waals surface area (Å²) in [5.41, 5.74) is 2.30. The molecule has 1 unspecified atom stereocenters. The quantitative estimate of drug-likeness (QED) is 0.821. The predicted molar refractivity (Wildman–Crippen MR) is 74.3 cm³/mol. The summed E-state index contributed by atoms with van der Waals surface area (Å²) in [6.07, 6.45) is 6.36. The zero-order valence-corrected chi connectivity index (χ0v) is 11.9. The summed E-state index contributed by atoms with van der Waals surface area (Å²) in [6.45, 7) is 5.06. The summed E-state index contributed by atoms with van der Waals surface area (Å²) >= 11 is 0. The highest BCUT2D eigenvalue weighted by atomic mass is 16.5. The number of hydrogen-bond donors (Lipinski definition) is 0. The number of ether oxygens (including phenoxy) is 1. The lowest BCUT2D eigenvalue weighted by molar-refractivity contribution is -0.136. The Labute approximate surface area is 119 Å². The second-order valence-corrected chi connectivity index (χ2v) is 5.75. The summed E-state index contributed by atoms with van der Waals surface area (Å²) in [7, 11) is 0. The van der Waals surface area contributed by atoms with Crippen molar-refractivity contribution >= 4 is 5.91 Å². The van der Waals surface area contributed by atoms with Crippen LogP contribution in [0.25, 0.3) is 0 Å². The van der Waals surface area contributed by atoms with Crippen molar-refractivity contribution < 1.29 is 9.53 Å². The molecule has 0 aliphatic carbocycles. The lowest BCUT2D eigenvalue weighted by atomic mass is 9.90. The molecule has 0 spiro atoms. The number of rotatable bonds is 2. The Bertz CT molecular complexity index is 478. The summed E-state index contributed by atoms with van der Waals surface area (Å²) in [6, 6.07) is 0. The molecule has 1 atom stereocenters. The molecular weight excluding hydrogens is 254 g/mol. The molecule has 2 aliphatic heterocycles. The van der Waals surface area contributed by atoms with E-state index in [1.165, 1.54) is 0 Å². The van der Waals surface area contributed by atoms with E-state index >= 15 is 0 Å². The van der Waals surface area contributed by atoms with Crippen molar-refractivity contribution in [3.63, 3.8) is 0 Å². The van der Waals surface area contributed by atoms with Crippen LogP contribution in [0.2, 0.25) is 0 Å². The SMILES string of the molecule is Cc1cncnc1C1CCN(C(=O)C2CCOC2)CC1. The maximum atomic E-state index is 12.3. The van der Waals surface area contributed by atoms with Crippen molar-refractivity contribution in [3.05, 3.63) is 23.8 Å². The van der Waals surface area contributed by atoms with Crippen molar-refractivity contribution in [3.8, 4) is 0 Å². The fourth-order valence-electron chi connectivity index (χ4n) is 3.20. The zero-order valence-electron chi connectivity index (χ0n) is 11.9. The van der Waals surface area contributed by atoms with Crippen molar-refractivity contribution in [2.45, 2.75) is 32.1 Å². The van der Waals surface area contributed by atoms with Gasteiger partial charge in [-0.25, -0.2) is 9.97 Å². The molecule has 0 bridgehead atoms. The van der Waals surface area contributed by atoms with E-state index in [0.29, 0.717) is 12.5 Å². The first-order valence-corrected chi connectivity index (χ1v) is 7.38. The van der Waals surface area contributed by atoms with Crippen molar-refractivity contribution in [2.75, 3.05) is 26.3 Å². The van der Waals surface area contributed by atoms with E-state index in [9.17, 15) is 4.79 Å². The number of piperidine rings is 1. The summed E-state index contributed by atoms with van der Waals surface area (Å²) in [5.74, 6) is 0.828. The van der Waals surface area contributed by atoms with E-state index in [1.807, 2.05) is 11.1 Å². The van der Waals surface area contributed by atoms with E-state index in [2.05, 4.69) is 16.9 Å². The molecule has 20 heavy (non-hydrogen) atoms. The molecule has 1 amide bonds. The second-order valence-electron chi connectivity index (χ2n) is 5.75. The number of likely N-dealkylation sites (tertiary alicyclic amines) is 1. The van der Waals surface area contributed by atoms with E-state index in [-0.39, 0.29) is 11.8 Å². The van der Waals surface area contributed by atoms with Crippen LogP contribution in [0.1, 0.15) is 36.4 Å². The first-order valence-electron chi connectivity index (χ1n) is 7.38. The van der Waals surface area contributed by atoms with Crippen LogP contribution < -0.4 is 0 Å². The number of nitrogens with zero attached hydrogens (tertiary/aromatic N) is 3. The predicted octanol–water partition coefficient (Wildman–Crippen LogP) is 1.53. The van der Waals surface area contributed by atoms with Crippen LogP contribution in [-0.4, -0.2) is 47.1 Å². The van der Waals surface area contributed by atoms with Crippen LogP contribution in [0.3, 0.4) is 0 Å². The Morgan fingerprint density at radius 2 is 2.15 bits per heavy atom. The minimum atomic E-state index is 0.0901. The summed E-state index contributed by atoms with van der Waals surface area (Å²) in [5, 5.41) is 0. The first-order chi connectivity index (χ1) is 9.75. The highest BCUT2D eigenvalue weighted by molar-refractivity contribution is 5.79. The van der Waals surface area contributed by atoms with Crippen LogP contribution in [0.15, 0.2) is 12.5 Å². The Morgan fingerprint density at radius 3 is 2.80 bits per heavy atom. The van der Waals surface area contributed by atoms with Gasteiger partial charge in [0.05, 0.1) is 12.5 Å². The van der Waals surface area contributed by atoms with Gasteiger partial charge in [-0.2, -0.15) is 0 Å². The third-order valence-electron chi connectivity index (χ3n) is 4.41. The van der Waals surface area contributed by atoms with Gasteiger partial charge in [0.25, 0.3) is 0 Å². The third kappa shape index (κ3) is 2.68. The second kappa shape index (κ2) is 5.87. The zero-order chi connectivity index (χ0) is 13.9. The first kappa shape index (κ1) is 13.5. The Hall–Kier alpha value is -1.49. The standard InChI is InChI=1S/C15H21N3O2/c1-11-8-16-10-17-14(11)12-2-5-18(6-3-12)15(19)13-4-7-20-9-13/h8,10,12-13H,2-7,9H2,1H3. The van der Waals surface area contributed by atoms with Gasteiger partial charge in [0.2, 0.25) is 5.91 Å². The molecule has 1 aromatic heterocycles. The minimum absolute atomic E-state index is 0.0901. The highest BCUT2D eigenvalue weighted by Crippen LogP contribution is 2.29. The summed E-state index contributed by atoms with van der Waals surface area (Å²) in [4.78, 5) is 22.8. The average Bonchev–Trinajstić information content (AvgIpc) is 3.01. The molecule has 0 N–H and O–H groups in total. The average molecular weight is 275 g/mol. The van der Waals surface area contributed by atoms with Gasteiger partial charge in [0.1, 0.15) is 6.33 Å². The number of carbonyl (C=O) groups is 1. The number of aryl methyl sites for hydroxylation is 1. The van der Waals surface area contributed by atoms with Gasteiger partial charge >= 0.3 is 0 Å². The lowest BCUT2D eigenvalue weighted by Gasteiger charge is -2.33. The van der Waals surface area contributed by atoms with E-state index in [1.54, 1.807) is 6.33 Å². The van der Waals surface area contributed by atoms with E-state index < -0.39 is 0 Å². The molecule has 2 fully saturated rings. The van der Waals surface area contributed by atoms with Crippen molar-refractivity contribution in [1.82, 2.24) is 14.9 Å². The maximum absolute atomic E-state index is 12.3. The fraction of sp³-hybridized carbons (Fsp3) is 0.667. The molecule has 2 saturated heterocycles. The lowest BCUT2D eigenvalue weighted by Crippen LogP contribution is -2.41. The van der Waals surface area contributed by atoms with Gasteiger partial charge in [0.15, 0.2) is 0 Å². The largest absolute Gasteiger partial charge is 0.381 e. The van der Waals surface area contributed by atoms with E-state index in [0.717, 1.165) is 50.2 Å². The van der Waals surface area contributed by atoms with Crippen molar-refractivity contribution in [2.24, 2.45) is 5.92 Å². The van der Waals surface area contributed by atoms with Gasteiger partial charge in [-0.15, -0.1) is 0 Å². The molecule has 5 nitrogen and oxygen atoms in total. The van der Waals surface area contributed by atoms with Gasteiger partial charge in [0, 0.05) is 37.5 Å².